The van der Waals surface area contributed by atoms with Crippen molar-refractivity contribution in [1.82, 2.24) is 0 Å². The van der Waals surface area contributed by atoms with Crippen molar-refractivity contribution in [2.45, 2.75) is 24.7 Å². The molecule has 3 aliphatic carbocycles. The highest BCUT2D eigenvalue weighted by Crippen LogP contribution is 2.66. The predicted octanol–water partition coefficient (Wildman–Crippen LogP) is 18.7. The molecule has 12 aromatic rings. The molecular weight excluding hydrogens is 871 g/mol. The lowest BCUT2D eigenvalue weighted by molar-refractivity contribution is 0.660. The number of nitrogens with zero attached hydrogens (tertiary/aromatic N) is 1. The smallest absolute Gasteiger partial charge is 0.159 e. The number of hydrogen-bond donors (Lipinski definition) is 0. The first-order valence-corrected chi connectivity index (χ1v) is 25.2. The van der Waals surface area contributed by atoms with Crippen LogP contribution < -0.4 is 4.90 Å². The molecule has 0 bridgehead atoms. The highest BCUT2D eigenvalue weighted by Gasteiger charge is 2.53. The monoisotopic (exact) mass is 917 g/mol. The Balaban J connectivity index is 0.978. The van der Waals surface area contributed by atoms with Crippen molar-refractivity contribution in [3.05, 3.63) is 282 Å². The minimum absolute atomic E-state index is 0.112. The molecule has 2 nitrogen and oxygen atoms in total. The van der Waals surface area contributed by atoms with Gasteiger partial charge >= 0.3 is 0 Å². The van der Waals surface area contributed by atoms with E-state index in [1.165, 1.54) is 83.5 Å². The van der Waals surface area contributed by atoms with Crippen LogP contribution in [-0.2, 0) is 10.8 Å². The van der Waals surface area contributed by atoms with E-state index in [-0.39, 0.29) is 5.41 Å². The number of benzene rings is 11. The van der Waals surface area contributed by atoms with Gasteiger partial charge in [-0.2, -0.15) is 0 Å². The number of para-hydroxylation sites is 2. The van der Waals surface area contributed by atoms with E-state index in [1.54, 1.807) is 0 Å². The predicted molar refractivity (Wildman–Crippen MR) is 299 cm³/mol. The molecule has 1 unspecified atom stereocenters. The molecule has 0 saturated heterocycles. The van der Waals surface area contributed by atoms with Crippen LogP contribution in [0.4, 0.5) is 17.1 Å². The molecule has 3 aliphatic rings. The standard InChI is InChI=1S/C70H47NO/c1-69(2)58-27-13-10-24-56(58)66-61(69)38-39-62-67(66)57-25-11-15-29-60(57)70(62)59-28-14-9-22-52(59)53-37-34-47(43-63(53)70)49-40-48(45-20-7-4-8-21-45)41-51(42-49)71(50-35-32-46(33-36-50)44-18-5-3-6-19-44)64-30-17-26-55-54-23-12-16-31-65(54)72-68(55)64/h3-43H,1-2H3. The topological polar surface area (TPSA) is 16.4 Å². The van der Waals surface area contributed by atoms with E-state index in [2.05, 4.69) is 261 Å². The van der Waals surface area contributed by atoms with Crippen molar-refractivity contribution in [2.24, 2.45) is 0 Å². The second-order valence-corrected chi connectivity index (χ2v) is 20.3. The minimum atomic E-state index is -0.520. The molecule has 11 aromatic carbocycles. The Labute approximate surface area is 419 Å². The molecule has 0 N–H and O–H groups in total. The van der Waals surface area contributed by atoms with Crippen molar-refractivity contribution < 1.29 is 4.42 Å². The largest absolute Gasteiger partial charge is 0.454 e. The first kappa shape index (κ1) is 40.9. The van der Waals surface area contributed by atoms with Gasteiger partial charge in [-0.1, -0.05) is 214 Å². The average Bonchev–Trinajstić information content (AvgIpc) is 4.14. The molecule has 0 saturated carbocycles. The third-order valence-electron chi connectivity index (χ3n) is 16.3. The van der Waals surface area contributed by atoms with Gasteiger partial charge in [0.2, 0.25) is 0 Å². The lowest BCUT2D eigenvalue weighted by Gasteiger charge is -2.31. The van der Waals surface area contributed by atoms with Crippen LogP contribution in [0.2, 0.25) is 0 Å². The summed E-state index contributed by atoms with van der Waals surface area (Å²) < 4.78 is 6.84. The summed E-state index contributed by atoms with van der Waals surface area (Å²) in [5.74, 6) is 0. The van der Waals surface area contributed by atoms with Crippen LogP contribution in [0.25, 0.3) is 88.7 Å². The molecule has 1 heterocycles. The Hall–Kier alpha value is -8.98. The number of furan rings is 1. The summed E-state index contributed by atoms with van der Waals surface area (Å²) in [5.41, 5.74) is 27.3. The van der Waals surface area contributed by atoms with E-state index < -0.39 is 5.41 Å². The maximum absolute atomic E-state index is 6.84. The summed E-state index contributed by atoms with van der Waals surface area (Å²) in [7, 11) is 0. The molecule has 15 rings (SSSR count). The van der Waals surface area contributed by atoms with Gasteiger partial charge in [-0.15, -0.1) is 0 Å². The summed E-state index contributed by atoms with van der Waals surface area (Å²) >= 11 is 0. The first-order valence-electron chi connectivity index (χ1n) is 25.2. The van der Waals surface area contributed by atoms with Gasteiger partial charge in [0.05, 0.1) is 11.1 Å². The summed E-state index contributed by atoms with van der Waals surface area (Å²) in [6, 6.07) is 92.2. The van der Waals surface area contributed by atoms with Gasteiger partial charge in [0.15, 0.2) is 5.58 Å². The summed E-state index contributed by atoms with van der Waals surface area (Å²) in [4.78, 5) is 2.39. The third kappa shape index (κ3) is 5.66. The lowest BCUT2D eigenvalue weighted by Crippen LogP contribution is -2.26. The molecule has 72 heavy (non-hydrogen) atoms. The number of rotatable bonds is 6. The van der Waals surface area contributed by atoms with E-state index in [0.29, 0.717) is 0 Å². The fraction of sp³-hybridized carbons (Fsp3) is 0.0571. The Bertz CT molecular complexity index is 4180. The number of hydrogen-bond acceptors (Lipinski definition) is 2. The van der Waals surface area contributed by atoms with Gasteiger partial charge in [-0.05, 0) is 149 Å². The Morgan fingerprint density at radius 2 is 0.847 bits per heavy atom. The summed E-state index contributed by atoms with van der Waals surface area (Å²) in [6.07, 6.45) is 0. The highest BCUT2D eigenvalue weighted by molar-refractivity contribution is 6.11. The van der Waals surface area contributed by atoms with Gasteiger partial charge in [0.25, 0.3) is 0 Å². The third-order valence-corrected chi connectivity index (χ3v) is 16.3. The second kappa shape index (κ2) is 15.3. The fourth-order valence-corrected chi connectivity index (χ4v) is 13.1. The van der Waals surface area contributed by atoms with E-state index in [4.69, 9.17) is 4.42 Å². The zero-order valence-corrected chi connectivity index (χ0v) is 40.0. The quantitative estimate of drug-likeness (QED) is 0.165. The zero-order chi connectivity index (χ0) is 47.7. The van der Waals surface area contributed by atoms with Crippen LogP contribution in [0, 0.1) is 0 Å². The maximum atomic E-state index is 6.84. The minimum Gasteiger partial charge on any atom is -0.454 e. The van der Waals surface area contributed by atoms with Gasteiger partial charge < -0.3 is 9.32 Å². The van der Waals surface area contributed by atoms with Crippen molar-refractivity contribution in [1.29, 1.82) is 0 Å². The molecule has 1 aromatic heterocycles. The maximum Gasteiger partial charge on any atom is 0.159 e. The van der Waals surface area contributed by atoms with Crippen molar-refractivity contribution in [2.75, 3.05) is 4.90 Å². The van der Waals surface area contributed by atoms with E-state index in [1.807, 2.05) is 6.07 Å². The second-order valence-electron chi connectivity index (χ2n) is 20.3. The molecule has 0 aliphatic heterocycles. The molecule has 0 amide bonds. The lowest BCUT2D eigenvalue weighted by atomic mass is 9.69. The van der Waals surface area contributed by atoms with Crippen molar-refractivity contribution >= 4 is 39.0 Å². The Morgan fingerprint density at radius 3 is 1.60 bits per heavy atom. The SMILES string of the molecule is CC1(C)c2ccccc2-c2c1ccc1c2-c2ccccc2C12c1ccccc1-c1ccc(-c3cc(-c4ccccc4)cc(N(c4ccc(-c5ccccc5)cc4)c4cccc5c4oc4ccccc45)c3)cc12. The Morgan fingerprint density at radius 1 is 0.319 bits per heavy atom. The van der Waals surface area contributed by atoms with E-state index in [9.17, 15) is 0 Å². The summed E-state index contributed by atoms with van der Waals surface area (Å²) in [5, 5.41) is 2.19. The van der Waals surface area contributed by atoms with Crippen LogP contribution in [0.1, 0.15) is 47.2 Å². The highest BCUT2D eigenvalue weighted by atomic mass is 16.3. The average molecular weight is 918 g/mol. The molecule has 0 radical (unpaired) electrons. The first-order chi connectivity index (χ1) is 35.5. The number of anilines is 3. The number of fused-ring (bicyclic) bond motifs is 17. The van der Waals surface area contributed by atoms with Crippen LogP contribution in [-0.4, -0.2) is 0 Å². The molecule has 2 heteroatoms. The summed E-state index contributed by atoms with van der Waals surface area (Å²) in [6.45, 7) is 4.78. The molecule has 1 spiro atoms. The van der Waals surface area contributed by atoms with Crippen LogP contribution in [0.5, 0.6) is 0 Å². The normalized spacial score (nSPS) is 15.2. The van der Waals surface area contributed by atoms with Gasteiger partial charge in [0.1, 0.15) is 5.58 Å². The molecule has 338 valence electrons. The van der Waals surface area contributed by atoms with Crippen LogP contribution in [0.3, 0.4) is 0 Å². The van der Waals surface area contributed by atoms with E-state index in [0.717, 1.165) is 55.7 Å². The molecular formula is C70H47NO. The van der Waals surface area contributed by atoms with Crippen LogP contribution in [0.15, 0.2) is 253 Å². The van der Waals surface area contributed by atoms with Gasteiger partial charge in [0, 0.05) is 27.6 Å². The van der Waals surface area contributed by atoms with Crippen molar-refractivity contribution in [3.63, 3.8) is 0 Å². The van der Waals surface area contributed by atoms with Gasteiger partial charge in [-0.25, -0.2) is 0 Å². The Kier molecular flexibility index (Phi) is 8.66. The van der Waals surface area contributed by atoms with Crippen molar-refractivity contribution in [3.8, 4) is 66.8 Å². The van der Waals surface area contributed by atoms with E-state index >= 15 is 0 Å². The zero-order valence-electron chi connectivity index (χ0n) is 40.0. The fourth-order valence-electron chi connectivity index (χ4n) is 13.1. The molecule has 0 fully saturated rings. The van der Waals surface area contributed by atoms with Gasteiger partial charge in [-0.3, -0.25) is 0 Å². The van der Waals surface area contributed by atoms with Crippen LogP contribution >= 0.6 is 0 Å². The molecule has 1 atom stereocenters.